The molecule has 0 unspecified atom stereocenters. The fourth-order valence-corrected chi connectivity index (χ4v) is 4.59. The van der Waals surface area contributed by atoms with Gasteiger partial charge in [-0.15, -0.1) is 0 Å². The van der Waals surface area contributed by atoms with Gasteiger partial charge in [0.25, 0.3) is 5.91 Å². The number of hydrogen-bond acceptors (Lipinski definition) is 4. The summed E-state index contributed by atoms with van der Waals surface area (Å²) >= 11 is 13.5. The number of hydrazone groups is 1. The second-order valence-corrected chi connectivity index (χ2v) is 8.89. The quantitative estimate of drug-likeness (QED) is 0.199. The molecule has 0 saturated heterocycles. The Bertz CT molecular complexity index is 1290. The van der Waals surface area contributed by atoms with E-state index in [1.165, 1.54) is 17.3 Å². The van der Waals surface area contributed by atoms with Crippen LogP contribution in [0.3, 0.4) is 0 Å². The normalized spacial score (nSPS) is 11.7. The molecular weight excluding hydrogens is 463 g/mol. The second kappa shape index (κ2) is 10.2. The average Bonchev–Trinajstić information content (AvgIpc) is 3.14. The van der Waals surface area contributed by atoms with E-state index < -0.39 is 0 Å². The Labute approximate surface area is 200 Å². The van der Waals surface area contributed by atoms with Gasteiger partial charge in [-0.25, -0.2) is 10.4 Å². The van der Waals surface area contributed by atoms with Crippen LogP contribution in [0.2, 0.25) is 10.0 Å². The summed E-state index contributed by atoms with van der Waals surface area (Å²) in [6.07, 6.45) is 0. The highest BCUT2D eigenvalue weighted by Crippen LogP contribution is 2.25. The molecule has 32 heavy (non-hydrogen) atoms. The summed E-state index contributed by atoms with van der Waals surface area (Å²) < 4.78 is 2.13. The second-order valence-electron chi connectivity index (χ2n) is 7.10. The van der Waals surface area contributed by atoms with Gasteiger partial charge in [-0.1, -0.05) is 83.5 Å². The van der Waals surface area contributed by atoms with Crippen LogP contribution in [0.1, 0.15) is 18.1 Å². The number of para-hydroxylation sites is 2. The predicted molar refractivity (Wildman–Crippen MR) is 133 cm³/mol. The van der Waals surface area contributed by atoms with E-state index >= 15 is 0 Å². The first-order valence-electron chi connectivity index (χ1n) is 9.92. The number of benzene rings is 3. The average molecular weight is 483 g/mol. The van der Waals surface area contributed by atoms with Crippen molar-refractivity contribution in [2.45, 2.75) is 18.6 Å². The van der Waals surface area contributed by atoms with E-state index in [2.05, 4.69) is 27.2 Å². The Balaban J connectivity index is 1.46. The van der Waals surface area contributed by atoms with Gasteiger partial charge in [-0.2, -0.15) is 5.10 Å². The summed E-state index contributed by atoms with van der Waals surface area (Å²) in [5.74, 6) is -0.0405. The standard InChI is InChI=1S/C24H20Cl2N4OS/c1-16(19-12-11-18(25)13-20(19)26)28-29-23(31)15-32-24-27-21-9-5-6-10-22(21)30(24)14-17-7-3-2-4-8-17/h2-13H,14-15H2,1H3,(H,29,31)/b28-16-. The van der Waals surface area contributed by atoms with Gasteiger partial charge in [0.15, 0.2) is 5.16 Å². The molecule has 1 N–H and O–H groups in total. The number of amides is 1. The number of carbonyl (C=O) groups excluding carboxylic acids is 1. The number of nitrogens with zero attached hydrogens (tertiary/aromatic N) is 3. The number of carbonyl (C=O) groups is 1. The Morgan fingerprint density at radius 2 is 1.81 bits per heavy atom. The minimum atomic E-state index is -0.224. The molecule has 0 fully saturated rings. The van der Waals surface area contributed by atoms with Crippen LogP contribution in [0.25, 0.3) is 11.0 Å². The largest absolute Gasteiger partial charge is 0.314 e. The van der Waals surface area contributed by atoms with Crippen LogP contribution in [-0.4, -0.2) is 26.9 Å². The summed E-state index contributed by atoms with van der Waals surface area (Å²) in [7, 11) is 0. The van der Waals surface area contributed by atoms with Crippen LogP contribution in [0.4, 0.5) is 0 Å². The number of halogens is 2. The van der Waals surface area contributed by atoms with Gasteiger partial charge < -0.3 is 4.57 Å². The molecule has 1 amide bonds. The van der Waals surface area contributed by atoms with Crippen LogP contribution < -0.4 is 5.43 Å². The smallest absolute Gasteiger partial charge is 0.250 e. The molecule has 5 nitrogen and oxygen atoms in total. The van der Waals surface area contributed by atoms with E-state index in [4.69, 9.17) is 28.2 Å². The Morgan fingerprint density at radius 1 is 1.06 bits per heavy atom. The van der Waals surface area contributed by atoms with Crippen molar-refractivity contribution < 1.29 is 4.79 Å². The molecule has 0 aliphatic rings. The number of rotatable bonds is 7. The van der Waals surface area contributed by atoms with Crippen LogP contribution in [0, 0.1) is 0 Å². The lowest BCUT2D eigenvalue weighted by Gasteiger charge is -2.09. The maximum Gasteiger partial charge on any atom is 0.250 e. The molecule has 162 valence electrons. The van der Waals surface area contributed by atoms with Crippen molar-refractivity contribution in [2.75, 3.05) is 5.75 Å². The van der Waals surface area contributed by atoms with Crippen molar-refractivity contribution >= 4 is 57.6 Å². The van der Waals surface area contributed by atoms with Crippen LogP contribution in [0.15, 0.2) is 83.1 Å². The van der Waals surface area contributed by atoms with Crippen molar-refractivity contribution in [2.24, 2.45) is 5.10 Å². The van der Waals surface area contributed by atoms with Crippen molar-refractivity contribution in [1.82, 2.24) is 15.0 Å². The Morgan fingerprint density at radius 3 is 2.59 bits per heavy atom. The summed E-state index contributed by atoms with van der Waals surface area (Å²) in [5, 5.41) is 5.99. The highest BCUT2D eigenvalue weighted by atomic mass is 35.5. The molecule has 0 bridgehead atoms. The summed E-state index contributed by atoms with van der Waals surface area (Å²) in [6.45, 7) is 2.46. The molecule has 3 aromatic carbocycles. The van der Waals surface area contributed by atoms with Crippen molar-refractivity contribution in [3.63, 3.8) is 0 Å². The van der Waals surface area contributed by atoms with Gasteiger partial charge in [0, 0.05) is 10.6 Å². The fraction of sp³-hybridized carbons (Fsp3) is 0.125. The van der Waals surface area contributed by atoms with Crippen LogP contribution in [-0.2, 0) is 11.3 Å². The van der Waals surface area contributed by atoms with Gasteiger partial charge >= 0.3 is 0 Å². The third-order valence-electron chi connectivity index (χ3n) is 4.80. The summed E-state index contributed by atoms with van der Waals surface area (Å²) in [5.41, 5.74) is 7.01. The monoisotopic (exact) mass is 482 g/mol. The van der Waals surface area contributed by atoms with E-state index in [1.54, 1.807) is 25.1 Å². The molecule has 4 rings (SSSR count). The molecule has 0 atom stereocenters. The predicted octanol–water partition coefficient (Wildman–Crippen LogP) is 6.02. The molecule has 8 heteroatoms. The van der Waals surface area contributed by atoms with E-state index in [1.807, 2.05) is 42.5 Å². The van der Waals surface area contributed by atoms with Crippen LogP contribution in [0.5, 0.6) is 0 Å². The molecule has 0 aliphatic heterocycles. The van der Waals surface area contributed by atoms with E-state index in [9.17, 15) is 4.79 Å². The first-order valence-corrected chi connectivity index (χ1v) is 11.7. The number of aromatic nitrogens is 2. The number of imidazole rings is 1. The number of hydrogen-bond donors (Lipinski definition) is 1. The maximum atomic E-state index is 12.4. The van der Waals surface area contributed by atoms with Crippen molar-refractivity contribution in [3.8, 4) is 0 Å². The first kappa shape index (κ1) is 22.4. The zero-order valence-corrected chi connectivity index (χ0v) is 19.6. The minimum Gasteiger partial charge on any atom is -0.314 e. The molecule has 1 aromatic heterocycles. The SMILES string of the molecule is C/C(=N/NC(=O)CSc1nc2ccccc2n1Cc1ccccc1)c1ccc(Cl)cc1Cl. The van der Waals surface area contributed by atoms with E-state index in [-0.39, 0.29) is 11.7 Å². The number of fused-ring (bicyclic) bond motifs is 1. The zero-order valence-electron chi connectivity index (χ0n) is 17.3. The Kier molecular flexibility index (Phi) is 7.15. The highest BCUT2D eigenvalue weighted by molar-refractivity contribution is 7.99. The van der Waals surface area contributed by atoms with Gasteiger partial charge in [0.05, 0.1) is 34.1 Å². The fourth-order valence-electron chi connectivity index (χ4n) is 3.23. The molecule has 1 heterocycles. The molecular formula is C24H20Cl2N4OS. The number of thioether (sulfide) groups is 1. The Hall–Kier alpha value is -2.80. The van der Waals surface area contributed by atoms with Gasteiger partial charge in [-0.05, 0) is 36.8 Å². The zero-order chi connectivity index (χ0) is 22.5. The first-order chi connectivity index (χ1) is 15.5. The third-order valence-corrected chi connectivity index (χ3v) is 6.33. The third kappa shape index (κ3) is 5.33. The maximum absolute atomic E-state index is 12.4. The summed E-state index contributed by atoms with van der Waals surface area (Å²) in [4.78, 5) is 17.2. The lowest BCUT2D eigenvalue weighted by atomic mass is 10.1. The van der Waals surface area contributed by atoms with Crippen LogP contribution >= 0.6 is 35.0 Å². The van der Waals surface area contributed by atoms with Crippen molar-refractivity contribution in [1.29, 1.82) is 0 Å². The lowest BCUT2D eigenvalue weighted by Crippen LogP contribution is -2.21. The number of nitrogens with one attached hydrogen (secondary N) is 1. The van der Waals surface area contributed by atoms with Gasteiger partial charge in [0.2, 0.25) is 0 Å². The molecule has 0 spiro atoms. The van der Waals surface area contributed by atoms with Crippen molar-refractivity contribution in [3.05, 3.63) is 94.0 Å². The topological polar surface area (TPSA) is 59.3 Å². The van der Waals surface area contributed by atoms with E-state index in [0.29, 0.717) is 27.9 Å². The highest BCUT2D eigenvalue weighted by Gasteiger charge is 2.13. The minimum absolute atomic E-state index is 0.184. The summed E-state index contributed by atoms with van der Waals surface area (Å²) in [6, 6.07) is 23.3. The van der Waals surface area contributed by atoms with E-state index in [0.717, 1.165) is 16.2 Å². The molecule has 4 aromatic rings. The lowest BCUT2D eigenvalue weighted by molar-refractivity contribution is -0.118. The molecule has 0 radical (unpaired) electrons. The molecule has 0 saturated carbocycles. The van der Waals surface area contributed by atoms with Gasteiger partial charge in [0.1, 0.15) is 0 Å². The van der Waals surface area contributed by atoms with Gasteiger partial charge in [-0.3, -0.25) is 4.79 Å². The molecule has 0 aliphatic carbocycles.